The number of carbonyl (C=O) groups is 1. The third-order valence-electron chi connectivity index (χ3n) is 3.78. The smallest absolute Gasteiger partial charge is 0.256 e. The first kappa shape index (κ1) is 11.5. The fourth-order valence-corrected chi connectivity index (χ4v) is 2.78. The van der Waals surface area contributed by atoms with E-state index in [0.29, 0.717) is 5.69 Å². The van der Waals surface area contributed by atoms with Gasteiger partial charge in [0.05, 0.1) is 6.10 Å². The standard InChI is InChI=1S/C14H18N2O2/c1-9-2-5-13(18-9)14(17)16-7-6-10-3-4-11(15)8-12(10)16/h3-4,8-9,13H,2,5-7,15H2,1H3. The number of nitrogens with two attached hydrogens (primary N) is 1. The van der Waals surface area contributed by atoms with Crippen molar-refractivity contribution in [3.05, 3.63) is 23.8 Å². The lowest BCUT2D eigenvalue weighted by Gasteiger charge is -2.21. The zero-order valence-electron chi connectivity index (χ0n) is 10.6. The van der Waals surface area contributed by atoms with Gasteiger partial charge in [0, 0.05) is 17.9 Å². The predicted octanol–water partition coefficient (Wildman–Crippen LogP) is 1.73. The van der Waals surface area contributed by atoms with Crippen LogP contribution in [0.2, 0.25) is 0 Å². The Labute approximate surface area is 107 Å². The quantitative estimate of drug-likeness (QED) is 0.768. The molecular weight excluding hydrogens is 228 g/mol. The molecule has 2 N–H and O–H groups in total. The molecule has 1 aromatic rings. The Morgan fingerprint density at radius 2 is 2.28 bits per heavy atom. The second-order valence-corrected chi connectivity index (χ2v) is 5.14. The molecule has 1 fully saturated rings. The van der Waals surface area contributed by atoms with Gasteiger partial charge in [-0.05, 0) is 43.9 Å². The molecule has 2 unspecified atom stereocenters. The first-order chi connectivity index (χ1) is 8.65. The summed E-state index contributed by atoms with van der Waals surface area (Å²) in [7, 11) is 0. The molecule has 1 saturated heterocycles. The van der Waals surface area contributed by atoms with Crippen LogP contribution in [0, 0.1) is 0 Å². The van der Waals surface area contributed by atoms with Gasteiger partial charge in [0.15, 0.2) is 0 Å². The van der Waals surface area contributed by atoms with Crippen LogP contribution in [0.25, 0.3) is 0 Å². The van der Waals surface area contributed by atoms with E-state index in [-0.39, 0.29) is 18.1 Å². The van der Waals surface area contributed by atoms with Crippen molar-refractivity contribution < 1.29 is 9.53 Å². The fourth-order valence-electron chi connectivity index (χ4n) is 2.78. The van der Waals surface area contributed by atoms with Crippen LogP contribution < -0.4 is 10.6 Å². The van der Waals surface area contributed by atoms with E-state index < -0.39 is 0 Å². The molecule has 0 aromatic heterocycles. The highest BCUT2D eigenvalue weighted by Gasteiger charge is 2.34. The van der Waals surface area contributed by atoms with E-state index in [1.54, 1.807) is 0 Å². The maximum Gasteiger partial charge on any atom is 0.256 e. The summed E-state index contributed by atoms with van der Waals surface area (Å²) < 4.78 is 5.66. The number of amides is 1. The van der Waals surface area contributed by atoms with Gasteiger partial charge >= 0.3 is 0 Å². The van der Waals surface area contributed by atoms with Crippen LogP contribution in [-0.4, -0.2) is 24.7 Å². The van der Waals surface area contributed by atoms with E-state index in [4.69, 9.17) is 10.5 Å². The van der Waals surface area contributed by atoms with E-state index in [1.807, 2.05) is 30.0 Å². The normalized spacial score (nSPS) is 26.4. The molecule has 0 bridgehead atoms. The fraction of sp³-hybridized carbons (Fsp3) is 0.500. The van der Waals surface area contributed by atoms with Gasteiger partial charge in [0.25, 0.3) is 5.91 Å². The predicted molar refractivity (Wildman–Crippen MR) is 70.5 cm³/mol. The van der Waals surface area contributed by atoms with E-state index >= 15 is 0 Å². The number of anilines is 2. The number of ether oxygens (including phenoxy) is 1. The topological polar surface area (TPSA) is 55.6 Å². The average Bonchev–Trinajstić information content (AvgIpc) is 2.94. The van der Waals surface area contributed by atoms with Crippen molar-refractivity contribution in [3.8, 4) is 0 Å². The van der Waals surface area contributed by atoms with Crippen LogP contribution in [0.3, 0.4) is 0 Å². The number of carbonyl (C=O) groups excluding carboxylic acids is 1. The van der Waals surface area contributed by atoms with Crippen molar-refractivity contribution in [2.45, 2.75) is 38.4 Å². The van der Waals surface area contributed by atoms with Gasteiger partial charge in [0.2, 0.25) is 0 Å². The lowest BCUT2D eigenvalue weighted by atomic mass is 10.1. The number of fused-ring (bicyclic) bond motifs is 1. The summed E-state index contributed by atoms with van der Waals surface area (Å²) in [6.45, 7) is 2.76. The average molecular weight is 246 g/mol. The summed E-state index contributed by atoms with van der Waals surface area (Å²) in [6, 6.07) is 5.79. The minimum atomic E-state index is -0.271. The number of hydrogen-bond acceptors (Lipinski definition) is 3. The van der Waals surface area contributed by atoms with E-state index in [1.165, 1.54) is 5.56 Å². The third-order valence-corrected chi connectivity index (χ3v) is 3.78. The molecule has 0 aliphatic carbocycles. The Balaban J connectivity index is 1.83. The first-order valence-corrected chi connectivity index (χ1v) is 6.50. The first-order valence-electron chi connectivity index (χ1n) is 6.50. The zero-order chi connectivity index (χ0) is 12.7. The summed E-state index contributed by atoms with van der Waals surface area (Å²) in [5, 5.41) is 0. The number of nitrogen functional groups attached to an aromatic ring is 1. The Morgan fingerprint density at radius 3 is 3.00 bits per heavy atom. The second-order valence-electron chi connectivity index (χ2n) is 5.14. The number of hydrogen-bond donors (Lipinski definition) is 1. The summed E-state index contributed by atoms with van der Waals surface area (Å²) in [4.78, 5) is 14.3. The molecule has 1 amide bonds. The van der Waals surface area contributed by atoms with E-state index in [9.17, 15) is 4.79 Å². The van der Waals surface area contributed by atoms with Crippen LogP contribution in [0.5, 0.6) is 0 Å². The van der Waals surface area contributed by atoms with Crippen LogP contribution in [0.4, 0.5) is 11.4 Å². The zero-order valence-corrected chi connectivity index (χ0v) is 10.6. The van der Waals surface area contributed by atoms with Crippen LogP contribution in [-0.2, 0) is 16.0 Å². The van der Waals surface area contributed by atoms with Crippen LogP contribution in [0.15, 0.2) is 18.2 Å². The molecule has 0 radical (unpaired) electrons. The minimum Gasteiger partial charge on any atom is -0.399 e. The summed E-state index contributed by atoms with van der Waals surface area (Å²) in [5.74, 6) is 0.0868. The number of nitrogens with zero attached hydrogens (tertiary/aromatic N) is 1. The van der Waals surface area contributed by atoms with Crippen molar-refractivity contribution in [2.24, 2.45) is 0 Å². The third kappa shape index (κ3) is 1.86. The molecular formula is C14H18N2O2. The van der Waals surface area contributed by atoms with Crippen LogP contribution >= 0.6 is 0 Å². The lowest BCUT2D eigenvalue weighted by molar-refractivity contribution is -0.128. The molecule has 96 valence electrons. The molecule has 4 heteroatoms. The highest BCUT2D eigenvalue weighted by molar-refractivity contribution is 5.99. The van der Waals surface area contributed by atoms with Gasteiger partial charge in [-0.2, -0.15) is 0 Å². The Hall–Kier alpha value is -1.55. The molecule has 0 saturated carbocycles. The monoisotopic (exact) mass is 246 g/mol. The largest absolute Gasteiger partial charge is 0.399 e. The Bertz CT molecular complexity index is 487. The van der Waals surface area contributed by atoms with Gasteiger partial charge in [0.1, 0.15) is 6.10 Å². The van der Waals surface area contributed by atoms with Gasteiger partial charge in [-0.1, -0.05) is 6.07 Å². The van der Waals surface area contributed by atoms with Gasteiger partial charge in [-0.25, -0.2) is 0 Å². The van der Waals surface area contributed by atoms with Crippen molar-refractivity contribution in [2.75, 3.05) is 17.2 Å². The SMILES string of the molecule is CC1CCC(C(=O)N2CCc3ccc(N)cc32)O1. The highest BCUT2D eigenvalue weighted by atomic mass is 16.5. The minimum absolute atomic E-state index is 0.0868. The van der Waals surface area contributed by atoms with Crippen molar-refractivity contribution >= 4 is 17.3 Å². The molecule has 1 aromatic carbocycles. The second kappa shape index (κ2) is 4.28. The summed E-state index contributed by atoms with van der Waals surface area (Å²) >= 11 is 0. The molecule has 18 heavy (non-hydrogen) atoms. The molecule has 4 nitrogen and oxygen atoms in total. The van der Waals surface area contributed by atoms with Gasteiger partial charge in [-0.3, -0.25) is 4.79 Å². The van der Waals surface area contributed by atoms with Gasteiger partial charge < -0.3 is 15.4 Å². The van der Waals surface area contributed by atoms with Crippen molar-refractivity contribution in [3.63, 3.8) is 0 Å². The van der Waals surface area contributed by atoms with Crippen molar-refractivity contribution in [1.82, 2.24) is 0 Å². The van der Waals surface area contributed by atoms with Crippen LogP contribution in [0.1, 0.15) is 25.3 Å². The number of benzene rings is 1. The van der Waals surface area contributed by atoms with Gasteiger partial charge in [-0.15, -0.1) is 0 Å². The van der Waals surface area contributed by atoms with E-state index in [0.717, 1.165) is 31.5 Å². The molecule has 3 rings (SSSR count). The van der Waals surface area contributed by atoms with Crippen molar-refractivity contribution in [1.29, 1.82) is 0 Å². The Morgan fingerprint density at radius 1 is 1.44 bits per heavy atom. The lowest BCUT2D eigenvalue weighted by Crippen LogP contribution is -2.38. The van der Waals surface area contributed by atoms with E-state index in [2.05, 4.69) is 0 Å². The highest BCUT2D eigenvalue weighted by Crippen LogP contribution is 2.32. The summed E-state index contributed by atoms with van der Waals surface area (Å²) in [6.07, 6.45) is 2.63. The maximum absolute atomic E-state index is 12.4. The Kier molecular flexibility index (Phi) is 2.74. The molecule has 2 aliphatic rings. The molecule has 0 spiro atoms. The molecule has 2 atom stereocenters. The molecule has 2 heterocycles. The maximum atomic E-state index is 12.4. The molecule has 2 aliphatic heterocycles. The summed E-state index contributed by atoms with van der Waals surface area (Å²) in [5.41, 5.74) is 8.66. The number of rotatable bonds is 1.